The van der Waals surface area contributed by atoms with Gasteiger partial charge >= 0.3 is 5.97 Å². The third-order valence-corrected chi connectivity index (χ3v) is 4.73. The van der Waals surface area contributed by atoms with Crippen LogP contribution < -0.4 is 4.74 Å². The zero-order valence-electron chi connectivity index (χ0n) is 16.1. The highest BCUT2D eigenvalue weighted by Gasteiger charge is 2.09. The fourth-order valence-corrected chi connectivity index (χ4v) is 3.27. The zero-order chi connectivity index (χ0) is 19.5. The smallest absolute Gasteiger partial charge is 0.339 e. The third kappa shape index (κ3) is 6.97. The van der Waals surface area contributed by atoms with Crippen LogP contribution in [0.3, 0.4) is 0 Å². The summed E-state index contributed by atoms with van der Waals surface area (Å²) in [5.41, 5.74) is 2.25. The summed E-state index contributed by atoms with van der Waals surface area (Å²) in [6.07, 6.45) is 8.87. The SMILES string of the molecule is CCOc1ccccc1CCCCCCCCc1ccc(O)c(C(=O)O)c1. The lowest BCUT2D eigenvalue weighted by Crippen LogP contribution is -1.98. The minimum atomic E-state index is -1.08. The van der Waals surface area contributed by atoms with Crippen molar-refractivity contribution in [1.82, 2.24) is 0 Å². The van der Waals surface area contributed by atoms with Crippen LogP contribution in [0.25, 0.3) is 0 Å². The summed E-state index contributed by atoms with van der Waals surface area (Å²) in [5, 5.41) is 18.6. The second kappa shape index (κ2) is 11.3. The van der Waals surface area contributed by atoms with E-state index in [1.54, 1.807) is 12.1 Å². The number of para-hydroxylation sites is 1. The van der Waals surface area contributed by atoms with Crippen LogP contribution in [-0.2, 0) is 12.8 Å². The predicted octanol–water partition coefficient (Wildman–Crippen LogP) is 5.61. The predicted molar refractivity (Wildman–Crippen MR) is 108 cm³/mol. The van der Waals surface area contributed by atoms with Crippen molar-refractivity contribution in [3.8, 4) is 11.5 Å². The van der Waals surface area contributed by atoms with Crippen LogP contribution in [0.5, 0.6) is 11.5 Å². The van der Waals surface area contributed by atoms with E-state index in [-0.39, 0.29) is 11.3 Å². The van der Waals surface area contributed by atoms with Gasteiger partial charge in [-0.3, -0.25) is 0 Å². The number of unbranched alkanes of at least 4 members (excludes halogenated alkanes) is 5. The highest BCUT2D eigenvalue weighted by atomic mass is 16.5. The number of carboxylic acids is 1. The van der Waals surface area contributed by atoms with Crippen LogP contribution in [-0.4, -0.2) is 22.8 Å². The molecule has 0 bridgehead atoms. The molecule has 146 valence electrons. The molecule has 0 saturated heterocycles. The Balaban J connectivity index is 1.60. The topological polar surface area (TPSA) is 66.8 Å². The normalized spacial score (nSPS) is 10.7. The van der Waals surface area contributed by atoms with Crippen LogP contribution in [0.4, 0.5) is 0 Å². The molecule has 2 rings (SSSR count). The van der Waals surface area contributed by atoms with Gasteiger partial charge in [0.25, 0.3) is 0 Å². The van der Waals surface area contributed by atoms with Gasteiger partial charge in [-0.05, 0) is 61.9 Å². The number of aryl methyl sites for hydroxylation is 2. The number of aromatic carboxylic acids is 1. The lowest BCUT2D eigenvalue weighted by atomic mass is 10.0. The minimum absolute atomic E-state index is 0.0140. The van der Waals surface area contributed by atoms with Gasteiger partial charge in [-0.2, -0.15) is 0 Å². The lowest BCUT2D eigenvalue weighted by Gasteiger charge is -2.09. The summed E-state index contributed by atoms with van der Waals surface area (Å²) < 4.78 is 5.67. The molecule has 2 aromatic rings. The lowest BCUT2D eigenvalue weighted by molar-refractivity contribution is 0.0693. The van der Waals surface area contributed by atoms with E-state index in [1.807, 2.05) is 19.1 Å². The Labute approximate surface area is 161 Å². The van der Waals surface area contributed by atoms with Gasteiger partial charge in [-0.1, -0.05) is 49.9 Å². The standard InChI is InChI=1S/C23H30O4/c1-2-27-22-14-10-9-13-19(22)12-8-6-4-3-5-7-11-18-15-16-21(24)20(17-18)23(25)26/h9-10,13-17,24H,2-8,11-12H2,1H3,(H,25,26). The molecule has 0 saturated carbocycles. The van der Waals surface area contributed by atoms with Gasteiger partial charge in [0, 0.05) is 0 Å². The minimum Gasteiger partial charge on any atom is -0.507 e. The number of benzene rings is 2. The second-order valence-electron chi connectivity index (χ2n) is 6.82. The maximum Gasteiger partial charge on any atom is 0.339 e. The van der Waals surface area contributed by atoms with Crippen molar-refractivity contribution in [3.63, 3.8) is 0 Å². The molecular formula is C23H30O4. The number of rotatable bonds is 12. The van der Waals surface area contributed by atoms with Gasteiger partial charge in [0.05, 0.1) is 6.61 Å². The van der Waals surface area contributed by atoms with E-state index in [1.165, 1.54) is 37.3 Å². The molecule has 0 heterocycles. The average molecular weight is 370 g/mol. The van der Waals surface area contributed by atoms with E-state index in [0.29, 0.717) is 6.61 Å². The van der Waals surface area contributed by atoms with E-state index in [9.17, 15) is 9.90 Å². The van der Waals surface area contributed by atoms with Crippen LogP contribution in [0.2, 0.25) is 0 Å². The maximum atomic E-state index is 11.0. The van der Waals surface area contributed by atoms with E-state index >= 15 is 0 Å². The van der Waals surface area contributed by atoms with Crippen LogP contribution in [0.15, 0.2) is 42.5 Å². The number of carboxylic acid groups (broad SMARTS) is 1. The Morgan fingerprint density at radius 3 is 2.30 bits per heavy atom. The largest absolute Gasteiger partial charge is 0.507 e. The van der Waals surface area contributed by atoms with E-state index in [4.69, 9.17) is 9.84 Å². The van der Waals surface area contributed by atoms with Gasteiger partial charge < -0.3 is 14.9 Å². The fourth-order valence-electron chi connectivity index (χ4n) is 3.27. The van der Waals surface area contributed by atoms with Crippen molar-refractivity contribution in [1.29, 1.82) is 0 Å². The molecule has 4 nitrogen and oxygen atoms in total. The highest BCUT2D eigenvalue weighted by Crippen LogP contribution is 2.22. The van der Waals surface area contributed by atoms with Crippen LogP contribution in [0, 0.1) is 0 Å². The molecule has 0 aliphatic carbocycles. The van der Waals surface area contributed by atoms with E-state index in [2.05, 4.69) is 12.1 Å². The second-order valence-corrected chi connectivity index (χ2v) is 6.82. The Hall–Kier alpha value is -2.49. The van der Waals surface area contributed by atoms with Gasteiger partial charge in [0.1, 0.15) is 17.1 Å². The number of phenols is 1. The molecule has 0 aliphatic heterocycles. The van der Waals surface area contributed by atoms with Gasteiger partial charge in [0.2, 0.25) is 0 Å². The molecule has 0 spiro atoms. The summed E-state index contributed by atoms with van der Waals surface area (Å²) in [7, 11) is 0. The summed E-state index contributed by atoms with van der Waals surface area (Å²) in [5.74, 6) is -0.243. The van der Waals surface area contributed by atoms with Crippen molar-refractivity contribution >= 4 is 5.97 Å². The molecule has 0 aliphatic rings. The summed E-state index contributed by atoms with van der Waals surface area (Å²) in [6.45, 7) is 2.71. The fraction of sp³-hybridized carbons (Fsp3) is 0.435. The first-order valence-corrected chi connectivity index (χ1v) is 9.87. The van der Waals surface area contributed by atoms with Crippen molar-refractivity contribution in [2.24, 2.45) is 0 Å². The highest BCUT2D eigenvalue weighted by molar-refractivity contribution is 5.90. The maximum absolute atomic E-state index is 11.0. The molecule has 2 N–H and O–H groups in total. The van der Waals surface area contributed by atoms with E-state index < -0.39 is 5.97 Å². The summed E-state index contributed by atoms with van der Waals surface area (Å²) >= 11 is 0. The number of hydrogen-bond donors (Lipinski definition) is 2. The molecule has 0 atom stereocenters. The van der Waals surface area contributed by atoms with Crippen LogP contribution in [0.1, 0.15) is 66.9 Å². The summed E-state index contributed by atoms with van der Waals surface area (Å²) in [4.78, 5) is 11.0. The van der Waals surface area contributed by atoms with Crippen molar-refractivity contribution in [2.75, 3.05) is 6.61 Å². The van der Waals surface area contributed by atoms with Crippen molar-refractivity contribution < 1.29 is 19.7 Å². The van der Waals surface area contributed by atoms with Gasteiger partial charge in [0.15, 0.2) is 0 Å². The Bertz CT molecular complexity index is 724. The number of ether oxygens (including phenoxy) is 1. The first kappa shape index (κ1) is 20.8. The number of hydrogen-bond acceptors (Lipinski definition) is 3. The molecule has 27 heavy (non-hydrogen) atoms. The molecule has 0 fully saturated rings. The molecule has 2 aromatic carbocycles. The first-order valence-electron chi connectivity index (χ1n) is 9.87. The van der Waals surface area contributed by atoms with Crippen LogP contribution >= 0.6 is 0 Å². The van der Waals surface area contributed by atoms with Gasteiger partial charge in [-0.15, -0.1) is 0 Å². The molecular weight excluding hydrogens is 340 g/mol. The van der Waals surface area contributed by atoms with Crippen molar-refractivity contribution in [3.05, 3.63) is 59.2 Å². The Morgan fingerprint density at radius 2 is 1.59 bits per heavy atom. The molecule has 0 amide bonds. The molecule has 0 unspecified atom stereocenters. The molecule has 0 aromatic heterocycles. The van der Waals surface area contributed by atoms with Crippen molar-refractivity contribution in [2.45, 2.75) is 58.3 Å². The quantitative estimate of drug-likeness (QED) is 0.476. The Kier molecular flexibility index (Phi) is 8.69. The Morgan fingerprint density at radius 1 is 0.926 bits per heavy atom. The van der Waals surface area contributed by atoms with E-state index in [0.717, 1.165) is 37.0 Å². The van der Waals surface area contributed by atoms with Gasteiger partial charge in [-0.25, -0.2) is 4.79 Å². The molecule has 0 radical (unpaired) electrons. The summed E-state index contributed by atoms with van der Waals surface area (Å²) in [6, 6.07) is 13.1. The monoisotopic (exact) mass is 370 g/mol. The average Bonchev–Trinajstić information content (AvgIpc) is 2.66. The number of aromatic hydroxyl groups is 1. The third-order valence-electron chi connectivity index (χ3n) is 4.73. The molecule has 4 heteroatoms. The number of carbonyl (C=O) groups is 1. The first-order chi connectivity index (χ1) is 13.1. The zero-order valence-corrected chi connectivity index (χ0v) is 16.1.